The number of rotatable bonds is 8. The van der Waals surface area contributed by atoms with Crippen molar-refractivity contribution in [2.75, 3.05) is 11.9 Å². The molecule has 1 saturated carbocycles. The fourth-order valence-corrected chi connectivity index (χ4v) is 6.01. The highest BCUT2D eigenvalue weighted by Gasteiger charge is 2.46. The summed E-state index contributed by atoms with van der Waals surface area (Å²) in [5.74, 6) is -5.51. The van der Waals surface area contributed by atoms with Crippen LogP contribution in [0.25, 0.3) is 10.4 Å². The number of halogens is 7. The SMILES string of the molecule is CC[C@H](Nc1cc(C(F)F)c(-c2sc(C(=O)N[C@H]3CCC[C@@H]3O)nc2C(=O)N2CC(F)(F)C[C@@H]2C)cn1)C(F)(F)F. The molecule has 0 aromatic carbocycles. The fourth-order valence-electron chi connectivity index (χ4n) is 5.02. The summed E-state index contributed by atoms with van der Waals surface area (Å²) in [6.45, 7) is 1.69. The zero-order valence-electron chi connectivity index (χ0n) is 21.9. The summed E-state index contributed by atoms with van der Waals surface area (Å²) in [4.78, 5) is 34.9. The molecule has 0 bridgehead atoms. The molecule has 1 aliphatic carbocycles. The minimum Gasteiger partial charge on any atom is -0.391 e. The Morgan fingerprint density at radius 3 is 2.51 bits per heavy atom. The Hall–Kier alpha value is -3.01. The van der Waals surface area contributed by atoms with Crippen molar-refractivity contribution in [3.63, 3.8) is 0 Å². The van der Waals surface area contributed by atoms with Gasteiger partial charge in [-0.25, -0.2) is 27.5 Å². The smallest absolute Gasteiger partial charge is 0.391 e. The van der Waals surface area contributed by atoms with Crippen molar-refractivity contribution in [1.29, 1.82) is 0 Å². The second-order valence-corrected chi connectivity index (χ2v) is 11.2. The van der Waals surface area contributed by atoms with Crippen molar-refractivity contribution in [1.82, 2.24) is 20.2 Å². The molecule has 2 aliphatic rings. The molecule has 2 fully saturated rings. The molecule has 1 aliphatic heterocycles. The highest BCUT2D eigenvalue weighted by molar-refractivity contribution is 7.17. The summed E-state index contributed by atoms with van der Waals surface area (Å²) in [6.07, 6.45) is -7.36. The number of hydrogen-bond donors (Lipinski definition) is 3. The molecule has 8 nitrogen and oxygen atoms in total. The highest BCUT2D eigenvalue weighted by Crippen LogP contribution is 2.40. The van der Waals surface area contributed by atoms with E-state index in [1.54, 1.807) is 0 Å². The van der Waals surface area contributed by atoms with Crippen LogP contribution in [0.5, 0.6) is 0 Å². The van der Waals surface area contributed by atoms with E-state index < -0.39 is 91.0 Å². The zero-order chi connectivity index (χ0) is 30.3. The molecule has 226 valence electrons. The molecule has 4 rings (SSSR count). The Labute approximate surface area is 234 Å². The van der Waals surface area contributed by atoms with Gasteiger partial charge in [0.15, 0.2) is 5.01 Å². The van der Waals surface area contributed by atoms with Gasteiger partial charge >= 0.3 is 6.18 Å². The van der Waals surface area contributed by atoms with E-state index in [1.165, 1.54) is 13.8 Å². The lowest BCUT2D eigenvalue weighted by Crippen LogP contribution is -2.40. The van der Waals surface area contributed by atoms with Crippen molar-refractivity contribution in [3.05, 3.63) is 28.5 Å². The van der Waals surface area contributed by atoms with Gasteiger partial charge < -0.3 is 20.6 Å². The standard InChI is InChI=1S/C25H28F7N5O3S/c1-3-16(25(30,31)32)35-17-7-12(20(26)27)13(9-33-17)19-18(23(40)37-10-24(28,29)8-11(37)2)36-22(41-19)21(39)34-14-5-4-6-15(14)38/h7,9,11,14-16,20,38H,3-6,8,10H2,1-2H3,(H,33,35)(H,34,39)/t11-,14-,15-,16-/m0/s1. The van der Waals surface area contributed by atoms with Gasteiger partial charge in [-0.05, 0) is 38.7 Å². The van der Waals surface area contributed by atoms with E-state index in [0.29, 0.717) is 36.7 Å². The average molecular weight is 612 g/mol. The van der Waals surface area contributed by atoms with Crippen LogP contribution in [0.4, 0.5) is 36.6 Å². The van der Waals surface area contributed by atoms with Crippen LogP contribution in [0.2, 0.25) is 0 Å². The molecule has 0 spiro atoms. The minimum atomic E-state index is -4.68. The second kappa shape index (κ2) is 11.7. The number of hydrogen-bond acceptors (Lipinski definition) is 7. The largest absolute Gasteiger partial charge is 0.408 e. The molecule has 2 aromatic heterocycles. The van der Waals surface area contributed by atoms with Crippen LogP contribution in [0.3, 0.4) is 0 Å². The molecule has 0 radical (unpaired) electrons. The van der Waals surface area contributed by atoms with Crippen LogP contribution in [0.1, 0.15) is 78.2 Å². The fraction of sp³-hybridized carbons (Fsp3) is 0.600. The maximum atomic E-state index is 14.2. The number of anilines is 1. The summed E-state index contributed by atoms with van der Waals surface area (Å²) < 4.78 is 96.3. The first-order valence-corrected chi connectivity index (χ1v) is 13.7. The molecule has 3 heterocycles. The van der Waals surface area contributed by atoms with E-state index in [-0.39, 0.29) is 15.4 Å². The molecule has 4 atom stereocenters. The first-order valence-electron chi connectivity index (χ1n) is 12.9. The number of thiazole rings is 1. The van der Waals surface area contributed by atoms with E-state index in [1.807, 2.05) is 0 Å². The predicted octanol–water partition coefficient (Wildman–Crippen LogP) is 5.41. The van der Waals surface area contributed by atoms with Gasteiger partial charge in [0.1, 0.15) is 17.6 Å². The van der Waals surface area contributed by atoms with Gasteiger partial charge in [0.2, 0.25) is 0 Å². The third kappa shape index (κ3) is 6.74. The van der Waals surface area contributed by atoms with Gasteiger partial charge in [0.05, 0.1) is 23.6 Å². The lowest BCUT2D eigenvalue weighted by molar-refractivity contribution is -0.142. The maximum absolute atomic E-state index is 14.2. The molecule has 41 heavy (non-hydrogen) atoms. The van der Waals surface area contributed by atoms with Crippen molar-refractivity contribution < 1.29 is 45.4 Å². The van der Waals surface area contributed by atoms with Gasteiger partial charge in [-0.3, -0.25) is 9.59 Å². The van der Waals surface area contributed by atoms with E-state index in [9.17, 15) is 45.4 Å². The Morgan fingerprint density at radius 2 is 1.98 bits per heavy atom. The van der Waals surface area contributed by atoms with Crippen LogP contribution in [-0.4, -0.2) is 74.7 Å². The number of carbonyl (C=O) groups is 2. The number of likely N-dealkylation sites (tertiary alicyclic amines) is 1. The van der Waals surface area contributed by atoms with Gasteiger partial charge in [0.25, 0.3) is 24.2 Å². The van der Waals surface area contributed by atoms with Crippen molar-refractivity contribution in [3.8, 4) is 10.4 Å². The van der Waals surface area contributed by atoms with E-state index >= 15 is 0 Å². The number of aromatic nitrogens is 2. The number of nitrogens with one attached hydrogen (secondary N) is 2. The van der Waals surface area contributed by atoms with Gasteiger partial charge in [-0.2, -0.15) is 13.2 Å². The third-order valence-electron chi connectivity index (χ3n) is 7.15. The number of pyridine rings is 1. The lowest BCUT2D eigenvalue weighted by atomic mass is 10.1. The predicted molar refractivity (Wildman–Crippen MR) is 135 cm³/mol. The van der Waals surface area contributed by atoms with Gasteiger partial charge in [-0.1, -0.05) is 6.92 Å². The van der Waals surface area contributed by atoms with Crippen molar-refractivity contribution in [2.45, 2.75) is 88.7 Å². The topological polar surface area (TPSA) is 107 Å². The van der Waals surface area contributed by atoms with Crippen LogP contribution in [0, 0.1) is 0 Å². The summed E-state index contributed by atoms with van der Waals surface area (Å²) in [5.41, 5.74) is -1.72. The molecular weight excluding hydrogens is 583 g/mol. The zero-order valence-corrected chi connectivity index (χ0v) is 22.8. The Morgan fingerprint density at radius 1 is 1.27 bits per heavy atom. The number of aliphatic hydroxyl groups excluding tert-OH is 1. The highest BCUT2D eigenvalue weighted by atomic mass is 32.1. The summed E-state index contributed by atoms with van der Waals surface area (Å²) in [6, 6.07) is -2.88. The molecule has 3 N–H and O–H groups in total. The maximum Gasteiger partial charge on any atom is 0.408 e. The number of carbonyl (C=O) groups excluding carboxylic acids is 2. The van der Waals surface area contributed by atoms with E-state index in [2.05, 4.69) is 20.6 Å². The number of amides is 2. The first kappa shape index (κ1) is 30.9. The molecule has 1 saturated heterocycles. The number of nitrogens with zero attached hydrogens (tertiary/aromatic N) is 3. The number of aliphatic hydroxyl groups is 1. The quantitative estimate of drug-likeness (QED) is 0.345. The minimum absolute atomic E-state index is 0.272. The van der Waals surface area contributed by atoms with Crippen LogP contribution >= 0.6 is 11.3 Å². The van der Waals surface area contributed by atoms with Crippen LogP contribution in [-0.2, 0) is 0 Å². The summed E-state index contributed by atoms with van der Waals surface area (Å²) in [7, 11) is 0. The van der Waals surface area contributed by atoms with Gasteiger partial charge in [-0.15, -0.1) is 11.3 Å². The van der Waals surface area contributed by atoms with Crippen LogP contribution < -0.4 is 10.6 Å². The molecule has 0 unspecified atom stereocenters. The Bertz CT molecular complexity index is 1290. The van der Waals surface area contributed by atoms with Gasteiger partial charge in [0, 0.05) is 29.8 Å². The third-order valence-corrected chi connectivity index (χ3v) is 8.24. The lowest BCUT2D eigenvalue weighted by Gasteiger charge is -2.22. The molecular formula is C25H28F7N5O3S. The van der Waals surface area contributed by atoms with Crippen molar-refractivity contribution in [2.24, 2.45) is 0 Å². The second-order valence-electron chi connectivity index (χ2n) is 10.2. The van der Waals surface area contributed by atoms with E-state index in [0.717, 1.165) is 11.1 Å². The molecule has 16 heteroatoms. The first-order chi connectivity index (χ1) is 19.1. The van der Waals surface area contributed by atoms with E-state index in [4.69, 9.17) is 0 Å². The Balaban J connectivity index is 1.76. The summed E-state index contributed by atoms with van der Waals surface area (Å²) >= 11 is 0.540. The Kier molecular flexibility index (Phi) is 8.83. The van der Waals surface area contributed by atoms with Crippen LogP contribution in [0.15, 0.2) is 12.3 Å². The average Bonchev–Trinajstić information content (AvgIpc) is 3.57. The number of alkyl halides is 7. The normalized spacial score (nSPS) is 23.2. The molecule has 2 amide bonds. The monoisotopic (exact) mass is 611 g/mol. The summed E-state index contributed by atoms with van der Waals surface area (Å²) in [5, 5.41) is 14.4. The van der Waals surface area contributed by atoms with Crippen molar-refractivity contribution >= 4 is 29.0 Å². The molecule has 2 aromatic rings.